The first-order valence-electron chi connectivity index (χ1n) is 4.53. The first-order chi connectivity index (χ1) is 7.38. The van der Waals surface area contributed by atoms with E-state index in [0.717, 1.165) is 18.3 Å². The van der Waals surface area contributed by atoms with E-state index in [0.29, 0.717) is 11.5 Å². The molecule has 1 atom stereocenters. The highest BCUT2D eigenvalue weighted by atomic mass is 32.2. The second-order valence-corrected chi connectivity index (χ2v) is 6.70. The zero-order chi connectivity index (χ0) is 12.3. The molecule has 0 radical (unpaired) electrons. The maximum atomic E-state index is 11.6. The van der Waals surface area contributed by atoms with Gasteiger partial charge in [-0.1, -0.05) is 0 Å². The van der Waals surface area contributed by atoms with E-state index in [1.54, 1.807) is 0 Å². The zero-order valence-corrected chi connectivity index (χ0v) is 10.6. The third kappa shape index (κ3) is 2.88. The fourth-order valence-corrected chi connectivity index (χ4v) is 4.19. The molecule has 0 N–H and O–H groups in total. The number of hydrogen-bond acceptors (Lipinski definition) is 6. The lowest BCUT2D eigenvalue weighted by atomic mass is 10.4. The van der Waals surface area contributed by atoms with Crippen molar-refractivity contribution >= 4 is 33.5 Å². The highest BCUT2D eigenvalue weighted by molar-refractivity contribution is 8.00. The molecule has 0 aromatic heterocycles. The second kappa shape index (κ2) is 5.05. The van der Waals surface area contributed by atoms with Crippen LogP contribution < -0.4 is 0 Å². The van der Waals surface area contributed by atoms with Crippen molar-refractivity contribution in [3.8, 4) is 0 Å². The van der Waals surface area contributed by atoms with Gasteiger partial charge in [0.15, 0.2) is 9.84 Å². The van der Waals surface area contributed by atoms with E-state index in [9.17, 15) is 18.0 Å². The van der Waals surface area contributed by atoms with Crippen molar-refractivity contribution in [3.63, 3.8) is 0 Å². The number of hydrogen-bond donors (Lipinski definition) is 0. The average molecular weight is 267 g/mol. The van der Waals surface area contributed by atoms with Crippen LogP contribution >= 0.6 is 11.8 Å². The normalized spacial score (nSPS) is 21.6. The molecule has 0 spiro atoms. The summed E-state index contributed by atoms with van der Waals surface area (Å²) in [5.74, 6) is -1.00. The maximum absolute atomic E-state index is 11.6. The van der Waals surface area contributed by atoms with Crippen LogP contribution in [0.2, 0.25) is 0 Å². The van der Waals surface area contributed by atoms with Gasteiger partial charge in [0.25, 0.3) is 0 Å². The van der Waals surface area contributed by atoms with Crippen LogP contribution in [0, 0.1) is 0 Å². The molecule has 1 aliphatic heterocycles. The molecule has 1 unspecified atom stereocenters. The summed E-state index contributed by atoms with van der Waals surface area (Å²) >= 11 is 1.45. The molecular weight excluding hydrogens is 254 g/mol. The summed E-state index contributed by atoms with van der Waals surface area (Å²) in [4.78, 5) is 23.7. The number of methoxy groups -OCH3 is 1. The smallest absolute Gasteiger partial charge is 0.396 e. The van der Waals surface area contributed by atoms with E-state index in [1.807, 2.05) is 0 Å². The van der Waals surface area contributed by atoms with E-state index in [4.69, 9.17) is 0 Å². The topological polar surface area (TPSA) is 80.8 Å². The first-order valence-corrected chi connectivity index (χ1v) is 7.64. The van der Waals surface area contributed by atoms with Gasteiger partial charge in [-0.2, -0.15) is 11.8 Å². The molecule has 0 aromatic rings. The van der Waals surface area contributed by atoms with E-state index in [2.05, 4.69) is 4.74 Å². The molecule has 1 amide bonds. The highest BCUT2D eigenvalue weighted by Crippen LogP contribution is 2.20. The summed E-state index contributed by atoms with van der Waals surface area (Å²) in [5.41, 5.74) is 0. The fraction of sp³-hybridized carbons (Fsp3) is 0.750. The van der Waals surface area contributed by atoms with Gasteiger partial charge in [-0.3, -0.25) is 4.79 Å². The van der Waals surface area contributed by atoms with Gasteiger partial charge in [-0.05, 0) is 0 Å². The third-order valence-electron chi connectivity index (χ3n) is 2.20. The van der Waals surface area contributed by atoms with E-state index < -0.39 is 27.1 Å². The minimum Gasteiger partial charge on any atom is -0.462 e. The lowest BCUT2D eigenvalue weighted by Crippen LogP contribution is -2.52. The molecule has 1 aliphatic rings. The maximum Gasteiger partial charge on any atom is 0.396 e. The summed E-state index contributed by atoms with van der Waals surface area (Å²) in [5, 5.41) is -0.933. The molecule has 16 heavy (non-hydrogen) atoms. The largest absolute Gasteiger partial charge is 0.462 e. The Morgan fingerprint density at radius 3 is 2.56 bits per heavy atom. The zero-order valence-electron chi connectivity index (χ0n) is 9.00. The van der Waals surface area contributed by atoms with Crippen LogP contribution in [0.4, 0.5) is 0 Å². The van der Waals surface area contributed by atoms with Gasteiger partial charge in [-0.15, -0.1) is 0 Å². The van der Waals surface area contributed by atoms with Crippen LogP contribution in [0.15, 0.2) is 0 Å². The summed E-state index contributed by atoms with van der Waals surface area (Å²) in [7, 11) is -2.29. The number of ether oxygens (including phenoxy) is 1. The third-order valence-corrected chi connectivity index (χ3v) is 4.84. The number of carbonyl (C=O) groups is 2. The van der Waals surface area contributed by atoms with Crippen molar-refractivity contribution < 1.29 is 22.7 Å². The Morgan fingerprint density at radius 1 is 1.44 bits per heavy atom. The number of carbonyl (C=O) groups excluding carboxylic acids is 2. The first kappa shape index (κ1) is 13.3. The average Bonchev–Trinajstić information content (AvgIpc) is 2.26. The fourth-order valence-electron chi connectivity index (χ4n) is 1.37. The standard InChI is InChI=1S/C8H13NO5S2/c1-14-8(11)7(10)9-3-4-15-5-6(9)16(2,12)13/h6H,3-5H2,1-2H3. The molecular formula is C8H13NO5S2. The van der Waals surface area contributed by atoms with Gasteiger partial charge >= 0.3 is 11.9 Å². The number of esters is 1. The van der Waals surface area contributed by atoms with Crippen LogP contribution in [0.25, 0.3) is 0 Å². The van der Waals surface area contributed by atoms with Gasteiger partial charge in [0.1, 0.15) is 5.37 Å². The lowest BCUT2D eigenvalue weighted by Gasteiger charge is -2.32. The Hall–Kier alpha value is -0.760. The highest BCUT2D eigenvalue weighted by Gasteiger charge is 2.37. The molecule has 0 aromatic carbocycles. The number of amides is 1. The minimum atomic E-state index is -3.39. The molecule has 0 bridgehead atoms. The second-order valence-electron chi connectivity index (χ2n) is 3.35. The summed E-state index contributed by atoms with van der Waals surface area (Å²) in [6.45, 7) is 0.246. The van der Waals surface area contributed by atoms with Crippen LogP contribution in [0.5, 0.6) is 0 Å². The number of sulfone groups is 1. The molecule has 8 heteroatoms. The molecule has 1 rings (SSSR count). The summed E-state index contributed by atoms with van der Waals surface area (Å²) in [6, 6.07) is 0. The van der Waals surface area contributed by atoms with Gasteiger partial charge in [0.05, 0.1) is 7.11 Å². The van der Waals surface area contributed by atoms with Crippen LogP contribution in [-0.2, 0) is 24.2 Å². The van der Waals surface area contributed by atoms with Crippen LogP contribution in [0.3, 0.4) is 0 Å². The van der Waals surface area contributed by atoms with Gasteiger partial charge in [0, 0.05) is 24.3 Å². The Balaban J connectivity index is 2.91. The quantitative estimate of drug-likeness (QED) is 0.453. The molecule has 1 saturated heterocycles. The number of nitrogens with zero attached hydrogens (tertiary/aromatic N) is 1. The van der Waals surface area contributed by atoms with Crippen molar-refractivity contribution in [2.24, 2.45) is 0 Å². The predicted molar refractivity (Wildman–Crippen MR) is 59.7 cm³/mol. The summed E-state index contributed by atoms with van der Waals surface area (Å²) in [6.07, 6.45) is 1.06. The number of rotatable bonds is 1. The predicted octanol–water partition coefficient (Wildman–Crippen LogP) is -0.894. The van der Waals surface area contributed by atoms with Crippen molar-refractivity contribution in [2.75, 3.05) is 31.4 Å². The lowest BCUT2D eigenvalue weighted by molar-refractivity contribution is -0.158. The Labute approximate surface area is 98.2 Å². The van der Waals surface area contributed by atoms with E-state index in [-0.39, 0.29) is 6.54 Å². The molecule has 0 saturated carbocycles. The van der Waals surface area contributed by atoms with Crippen LogP contribution in [-0.4, -0.2) is 62.0 Å². The van der Waals surface area contributed by atoms with Gasteiger partial charge in [0.2, 0.25) is 0 Å². The summed E-state index contributed by atoms with van der Waals surface area (Å²) < 4.78 is 27.2. The van der Waals surface area contributed by atoms with Crippen LogP contribution in [0.1, 0.15) is 0 Å². The van der Waals surface area contributed by atoms with Crippen molar-refractivity contribution in [3.05, 3.63) is 0 Å². The van der Waals surface area contributed by atoms with E-state index in [1.165, 1.54) is 11.8 Å². The SMILES string of the molecule is COC(=O)C(=O)N1CCSCC1S(C)(=O)=O. The Kier molecular flexibility index (Phi) is 4.20. The van der Waals surface area contributed by atoms with Gasteiger partial charge < -0.3 is 9.64 Å². The molecule has 1 fully saturated rings. The molecule has 6 nitrogen and oxygen atoms in total. The Morgan fingerprint density at radius 2 is 2.06 bits per heavy atom. The molecule has 92 valence electrons. The van der Waals surface area contributed by atoms with Crippen molar-refractivity contribution in [2.45, 2.75) is 5.37 Å². The Bertz CT molecular complexity index is 391. The number of thioether (sulfide) groups is 1. The molecule has 1 heterocycles. The molecule has 0 aliphatic carbocycles. The minimum absolute atomic E-state index is 0.246. The van der Waals surface area contributed by atoms with Crippen molar-refractivity contribution in [1.29, 1.82) is 0 Å². The van der Waals surface area contributed by atoms with Crippen molar-refractivity contribution in [1.82, 2.24) is 4.90 Å². The monoisotopic (exact) mass is 267 g/mol. The van der Waals surface area contributed by atoms with E-state index >= 15 is 0 Å². The van der Waals surface area contributed by atoms with Gasteiger partial charge in [-0.25, -0.2) is 13.2 Å².